The fourth-order valence-corrected chi connectivity index (χ4v) is 2.95. The molecule has 122 valence electrons. The lowest BCUT2D eigenvalue weighted by Gasteiger charge is -2.13. The van der Waals surface area contributed by atoms with Gasteiger partial charge in [0.2, 0.25) is 0 Å². The maximum atomic E-state index is 12.0. The number of hydrogen-bond donors (Lipinski definition) is 2. The Bertz CT molecular complexity index is 676. The Morgan fingerprint density at radius 3 is 2.52 bits per heavy atom. The fraction of sp³-hybridized carbons (Fsp3) is 0.188. The van der Waals surface area contributed by atoms with Crippen LogP contribution in [0.15, 0.2) is 51.4 Å². The number of halogens is 2. The number of carbonyl (C=O) groups excluding carboxylic acids is 1. The fourth-order valence-electron chi connectivity index (χ4n) is 1.73. The quantitative estimate of drug-likeness (QED) is 0.665. The number of phenolic OH excluding ortho intramolecular Hbond substituents is 1. The molecule has 2 rings (SSSR count). The van der Waals surface area contributed by atoms with Gasteiger partial charge in [-0.05, 0) is 40.2 Å². The summed E-state index contributed by atoms with van der Waals surface area (Å²) in [5.41, 5.74) is 0.00225. The van der Waals surface area contributed by atoms with Crippen molar-refractivity contribution in [2.75, 3.05) is 13.2 Å². The maximum absolute atomic E-state index is 12.0. The van der Waals surface area contributed by atoms with Gasteiger partial charge in [-0.25, -0.2) is 4.79 Å². The molecule has 2 N–H and O–H groups in total. The average molecular weight is 446 g/mol. The van der Waals surface area contributed by atoms with Crippen LogP contribution in [-0.2, 0) is 4.74 Å². The highest BCUT2D eigenvalue weighted by Gasteiger charge is 2.18. The first-order valence-corrected chi connectivity index (χ1v) is 8.27. The van der Waals surface area contributed by atoms with Crippen LogP contribution < -0.4 is 4.74 Å². The third kappa shape index (κ3) is 5.23. The Hall–Kier alpha value is -1.57. The van der Waals surface area contributed by atoms with E-state index in [4.69, 9.17) is 9.47 Å². The lowest BCUT2D eigenvalue weighted by Crippen LogP contribution is -2.25. The van der Waals surface area contributed by atoms with E-state index < -0.39 is 12.1 Å². The summed E-state index contributed by atoms with van der Waals surface area (Å²) in [6, 6.07) is 12.1. The molecule has 0 aliphatic rings. The van der Waals surface area contributed by atoms with E-state index in [1.165, 1.54) is 6.07 Å². The summed E-state index contributed by atoms with van der Waals surface area (Å²) in [4.78, 5) is 12.0. The number of carbonyl (C=O) groups is 1. The van der Waals surface area contributed by atoms with E-state index in [-0.39, 0.29) is 24.5 Å². The summed E-state index contributed by atoms with van der Waals surface area (Å²) in [7, 11) is 0. The van der Waals surface area contributed by atoms with E-state index in [1.54, 1.807) is 18.2 Å². The van der Waals surface area contributed by atoms with Crippen LogP contribution in [0, 0.1) is 0 Å². The van der Waals surface area contributed by atoms with Gasteiger partial charge in [-0.2, -0.15) is 0 Å². The molecule has 7 heteroatoms. The van der Waals surface area contributed by atoms with Crippen molar-refractivity contribution in [2.24, 2.45) is 0 Å². The average Bonchev–Trinajstić information content (AvgIpc) is 2.55. The normalized spacial score (nSPS) is 11.8. The standard InChI is InChI=1S/C16H14Br2O5/c17-10-6-13(15(20)14(18)7-10)16(21)23-9-11(19)8-22-12-4-2-1-3-5-12/h1-7,11,19-20H,8-9H2. The van der Waals surface area contributed by atoms with E-state index in [1.807, 2.05) is 18.2 Å². The molecule has 0 saturated carbocycles. The number of aliphatic hydroxyl groups excluding tert-OH is 1. The number of hydrogen-bond acceptors (Lipinski definition) is 5. The number of benzene rings is 2. The number of rotatable bonds is 6. The Balaban J connectivity index is 1.87. The highest BCUT2D eigenvalue weighted by molar-refractivity contribution is 9.11. The van der Waals surface area contributed by atoms with Gasteiger partial charge in [-0.15, -0.1) is 0 Å². The molecule has 2 aromatic carbocycles. The molecule has 0 spiro atoms. The highest BCUT2D eigenvalue weighted by atomic mass is 79.9. The number of phenols is 1. The third-order valence-electron chi connectivity index (χ3n) is 2.84. The molecule has 0 saturated heterocycles. The van der Waals surface area contributed by atoms with Gasteiger partial charge < -0.3 is 19.7 Å². The minimum Gasteiger partial charge on any atom is -0.506 e. The predicted octanol–water partition coefficient (Wildman–Crippen LogP) is 3.51. The lowest BCUT2D eigenvalue weighted by atomic mass is 10.2. The number of esters is 1. The molecule has 2 aromatic rings. The molecule has 1 atom stereocenters. The number of aromatic hydroxyl groups is 1. The molecular weight excluding hydrogens is 432 g/mol. The Kier molecular flexibility index (Phi) is 6.44. The molecule has 0 aliphatic carbocycles. The van der Waals surface area contributed by atoms with Crippen molar-refractivity contribution < 1.29 is 24.5 Å². The third-order valence-corrected chi connectivity index (χ3v) is 3.90. The predicted molar refractivity (Wildman–Crippen MR) is 91.7 cm³/mol. The van der Waals surface area contributed by atoms with Gasteiger partial charge in [0.05, 0.1) is 4.47 Å². The Morgan fingerprint density at radius 1 is 1.13 bits per heavy atom. The molecule has 0 fully saturated rings. The van der Waals surface area contributed by atoms with E-state index in [0.29, 0.717) is 14.7 Å². The van der Waals surface area contributed by atoms with Gasteiger partial charge >= 0.3 is 5.97 Å². The van der Waals surface area contributed by atoms with Crippen molar-refractivity contribution in [2.45, 2.75) is 6.10 Å². The minimum absolute atomic E-state index is 0.00225. The van der Waals surface area contributed by atoms with Crippen LogP contribution in [0.3, 0.4) is 0 Å². The summed E-state index contributed by atoms with van der Waals surface area (Å²) in [5.74, 6) is -0.331. The summed E-state index contributed by atoms with van der Waals surface area (Å²) < 4.78 is 11.3. The minimum atomic E-state index is -0.975. The van der Waals surface area contributed by atoms with Crippen LogP contribution in [0.2, 0.25) is 0 Å². The largest absolute Gasteiger partial charge is 0.506 e. The lowest BCUT2D eigenvalue weighted by molar-refractivity contribution is 0.0128. The van der Waals surface area contributed by atoms with Crippen molar-refractivity contribution in [3.05, 3.63) is 57.0 Å². The van der Waals surface area contributed by atoms with Crippen LogP contribution in [0.5, 0.6) is 11.5 Å². The van der Waals surface area contributed by atoms with E-state index in [0.717, 1.165) is 0 Å². The van der Waals surface area contributed by atoms with E-state index in [9.17, 15) is 15.0 Å². The second-order valence-electron chi connectivity index (χ2n) is 4.66. The van der Waals surface area contributed by atoms with Crippen molar-refractivity contribution in [1.82, 2.24) is 0 Å². The first-order valence-electron chi connectivity index (χ1n) is 6.68. The summed E-state index contributed by atoms with van der Waals surface area (Å²) >= 11 is 6.37. The van der Waals surface area contributed by atoms with E-state index in [2.05, 4.69) is 31.9 Å². The van der Waals surface area contributed by atoms with Crippen molar-refractivity contribution in [3.8, 4) is 11.5 Å². The molecule has 0 radical (unpaired) electrons. The highest BCUT2D eigenvalue weighted by Crippen LogP contribution is 2.32. The summed E-state index contributed by atoms with van der Waals surface area (Å²) in [6.45, 7) is -0.249. The zero-order chi connectivity index (χ0) is 16.8. The molecule has 23 heavy (non-hydrogen) atoms. The van der Waals surface area contributed by atoms with Crippen LogP contribution in [0.1, 0.15) is 10.4 Å². The number of aliphatic hydroxyl groups is 1. The van der Waals surface area contributed by atoms with Crippen molar-refractivity contribution >= 4 is 37.8 Å². The smallest absolute Gasteiger partial charge is 0.342 e. The van der Waals surface area contributed by atoms with Gasteiger partial charge in [0.1, 0.15) is 36.4 Å². The van der Waals surface area contributed by atoms with Gasteiger partial charge in [0.25, 0.3) is 0 Å². The summed E-state index contributed by atoms with van der Waals surface area (Å²) in [6.07, 6.45) is -0.975. The Labute approximate surface area is 150 Å². The molecular formula is C16H14Br2O5. The van der Waals surface area contributed by atoms with Crippen LogP contribution >= 0.6 is 31.9 Å². The van der Waals surface area contributed by atoms with Gasteiger partial charge in [0.15, 0.2) is 0 Å². The maximum Gasteiger partial charge on any atom is 0.342 e. The second-order valence-corrected chi connectivity index (χ2v) is 6.43. The Morgan fingerprint density at radius 2 is 1.83 bits per heavy atom. The topological polar surface area (TPSA) is 76.0 Å². The molecule has 1 unspecified atom stereocenters. The zero-order valence-electron chi connectivity index (χ0n) is 11.9. The number of ether oxygens (including phenoxy) is 2. The van der Waals surface area contributed by atoms with Crippen LogP contribution in [-0.4, -0.2) is 35.5 Å². The van der Waals surface area contributed by atoms with Gasteiger partial charge in [-0.3, -0.25) is 0 Å². The molecule has 0 amide bonds. The first-order chi connectivity index (χ1) is 11.0. The molecule has 0 aromatic heterocycles. The van der Waals surface area contributed by atoms with Crippen LogP contribution in [0.4, 0.5) is 0 Å². The van der Waals surface area contributed by atoms with E-state index >= 15 is 0 Å². The second kappa shape index (κ2) is 8.33. The van der Waals surface area contributed by atoms with Gasteiger partial charge in [0, 0.05) is 4.47 Å². The molecule has 0 heterocycles. The summed E-state index contributed by atoms with van der Waals surface area (Å²) in [5, 5.41) is 19.7. The van der Waals surface area contributed by atoms with Crippen molar-refractivity contribution in [3.63, 3.8) is 0 Å². The van der Waals surface area contributed by atoms with Gasteiger partial charge in [-0.1, -0.05) is 34.1 Å². The van der Waals surface area contributed by atoms with Crippen LogP contribution in [0.25, 0.3) is 0 Å². The molecule has 0 bridgehead atoms. The number of para-hydroxylation sites is 1. The molecule has 0 aliphatic heterocycles. The SMILES string of the molecule is O=C(OCC(O)COc1ccccc1)c1cc(Br)cc(Br)c1O. The molecule has 5 nitrogen and oxygen atoms in total. The zero-order valence-corrected chi connectivity index (χ0v) is 15.1. The first kappa shape index (κ1) is 17.8. The van der Waals surface area contributed by atoms with Crippen molar-refractivity contribution in [1.29, 1.82) is 0 Å². The monoisotopic (exact) mass is 444 g/mol.